The number of allylic oxidation sites excluding steroid dienone is 2. The molecule has 1 aromatic rings. The van der Waals surface area contributed by atoms with Gasteiger partial charge in [-0.1, -0.05) is 61.0 Å². The molecule has 0 aromatic heterocycles. The zero-order valence-corrected chi connectivity index (χ0v) is 12.3. The number of hydrogen-bond donors (Lipinski definition) is 0. The second kappa shape index (κ2) is 5.63. The van der Waals surface area contributed by atoms with Crippen molar-refractivity contribution in [1.29, 1.82) is 0 Å². The number of rotatable bonds is 3. The maximum absolute atomic E-state index is 6.69. The Kier molecular flexibility index (Phi) is 4.42. The second-order valence-corrected chi connectivity index (χ2v) is 11.0. The molecule has 2 atom stereocenters. The van der Waals surface area contributed by atoms with Crippen LogP contribution < -0.4 is 5.30 Å². The molecule has 0 nitrogen and oxygen atoms in total. The average molecular weight is 271 g/mol. The van der Waals surface area contributed by atoms with Crippen molar-refractivity contribution in [1.82, 2.24) is 0 Å². The van der Waals surface area contributed by atoms with Crippen LogP contribution in [0.25, 0.3) is 0 Å². The molecule has 0 aliphatic carbocycles. The largest absolute Gasteiger partial charge is 0.0860 e. The summed E-state index contributed by atoms with van der Waals surface area (Å²) in [5.74, 6) is 0. The molecular formula is C13H17ClP2. The van der Waals surface area contributed by atoms with E-state index < -0.39 is 6.96 Å². The maximum atomic E-state index is 6.69. The Morgan fingerprint density at radius 3 is 2.31 bits per heavy atom. The number of hydrogen-bond acceptors (Lipinski definition) is 0. The minimum Gasteiger partial charge on any atom is -0.0860 e. The molecule has 2 rings (SSSR count). The summed E-state index contributed by atoms with van der Waals surface area (Å²) in [5.41, 5.74) is 1.64. The predicted octanol–water partition coefficient (Wildman–Crippen LogP) is 5.43. The highest BCUT2D eigenvalue weighted by Gasteiger charge is 2.32. The third kappa shape index (κ3) is 2.35. The van der Waals surface area contributed by atoms with E-state index >= 15 is 0 Å². The summed E-state index contributed by atoms with van der Waals surface area (Å²) in [7, 11) is -0.136. The first-order chi connectivity index (χ1) is 7.77. The van der Waals surface area contributed by atoms with Gasteiger partial charge in [0.15, 0.2) is 0 Å². The van der Waals surface area contributed by atoms with Crippen molar-refractivity contribution in [3.8, 4) is 0 Å². The fourth-order valence-electron chi connectivity index (χ4n) is 2.10. The molecule has 2 unspecified atom stereocenters. The van der Waals surface area contributed by atoms with Crippen molar-refractivity contribution < 1.29 is 0 Å². The van der Waals surface area contributed by atoms with Gasteiger partial charge in [-0.25, -0.2) is 0 Å². The van der Waals surface area contributed by atoms with Gasteiger partial charge in [-0.2, -0.15) is 0 Å². The summed E-state index contributed by atoms with van der Waals surface area (Å²) < 4.78 is 0. The van der Waals surface area contributed by atoms with Crippen LogP contribution in [0.2, 0.25) is 0 Å². The van der Waals surface area contributed by atoms with Gasteiger partial charge in [-0.05, 0) is 37.2 Å². The molecule has 0 saturated carbocycles. The molecule has 0 bridgehead atoms. The molecule has 1 aromatic carbocycles. The van der Waals surface area contributed by atoms with Crippen molar-refractivity contribution in [2.24, 2.45) is 0 Å². The van der Waals surface area contributed by atoms with Crippen molar-refractivity contribution in [3.63, 3.8) is 0 Å². The lowest BCUT2D eigenvalue weighted by molar-refractivity contribution is 1.05. The molecule has 0 N–H and O–H groups in total. The van der Waals surface area contributed by atoms with Gasteiger partial charge >= 0.3 is 0 Å². The Hall–Kier alpha value is 0.110. The molecule has 0 radical (unpaired) electrons. The molecule has 1 aliphatic rings. The Morgan fingerprint density at radius 2 is 1.81 bits per heavy atom. The van der Waals surface area contributed by atoms with E-state index in [1.54, 1.807) is 10.9 Å². The summed E-state index contributed by atoms with van der Waals surface area (Å²) in [6.45, 7) is 4.10. The zero-order valence-electron chi connectivity index (χ0n) is 9.78. The third-order valence-corrected chi connectivity index (χ3v) is 11.4. The molecule has 86 valence electrons. The fraction of sp³-hybridized carbons (Fsp3) is 0.385. The number of halogens is 1. The van der Waals surface area contributed by atoms with E-state index in [0.717, 1.165) is 6.42 Å². The van der Waals surface area contributed by atoms with Crippen LogP contribution in [0.3, 0.4) is 0 Å². The van der Waals surface area contributed by atoms with Crippen LogP contribution >= 0.6 is 25.8 Å². The lowest BCUT2D eigenvalue weighted by Gasteiger charge is -2.16. The highest BCUT2D eigenvalue weighted by molar-refractivity contribution is 8.44. The summed E-state index contributed by atoms with van der Waals surface area (Å²) in [6, 6.07) is 10.8. The Bertz CT molecular complexity index is 386. The first kappa shape index (κ1) is 12.6. The van der Waals surface area contributed by atoms with Gasteiger partial charge in [0.25, 0.3) is 0 Å². The van der Waals surface area contributed by atoms with E-state index in [4.69, 9.17) is 11.2 Å². The van der Waals surface area contributed by atoms with Crippen molar-refractivity contribution in [2.45, 2.75) is 26.7 Å². The van der Waals surface area contributed by atoms with Crippen LogP contribution in [0.15, 0.2) is 41.2 Å². The maximum Gasteiger partial charge on any atom is 0.0464 e. The molecule has 0 spiro atoms. The molecule has 1 aliphatic heterocycles. The van der Waals surface area contributed by atoms with E-state index in [9.17, 15) is 0 Å². The monoisotopic (exact) mass is 270 g/mol. The quantitative estimate of drug-likeness (QED) is 0.642. The number of benzene rings is 1. The van der Waals surface area contributed by atoms with Crippen molar-refractivity contribution in [2.75, 3.05) is 6.16 Å². The van der Waals surface area contributed by atoms with Gasteiger partial charge in [-0.3, -0.25) is 0 Å². The van der Waals surface area contributed by atoms with Crippen LogP contribution in [0.1, 0.15) is 26.7 Å². The van der Waals surface area contributed by atoms with Crippen LogP contribution in [0.5, 0.6) is 0 Å². The molecule has 16 heavy (non-hydrogen) atoms. The highest BCUT2D eigenvalue weighted by atomic mass is 35.7. The van der Waals surface area contributed by atoms with Gasteiger partial charge in [-0.15, -0.1) is 0 Å². The Labute approximate surface area is 105 Å². The van der Waals surface area contributed by atoms with Crippen molar-refractivity contribution >= 4 is 31.1 Å². The van der Waals surface area contributed by atoms with E-state index in [-0.39, 0.29) is 7.61 Å². The standard InChI is InChI=1S/C13H17ClP2/c1-3-11-10-15(16(14)13(11)4-2)12-8-6-5-7-9-12/h5-9H,3-4,10H2,1-2H3. The van der Waals surface area contributed by atoms with Crippen LogP contribution in [0.4, 0.5) is 0 Å². The van der Waals surface area contributed by atoms with Crippen LogP contribution in [-0.4, -0.2) is 6.16 Å². The first-order valence-corrected chi connectivity index (χ1v) is 10.2. The van der Waals surface area contributed by atoms with Gasteiger partial charge in [0.2, 0.25) is 0 Å². The summed E-state index contributed by atoms with van der Waals surface area (Å²) in [4.78, 5) is 0. The van der Waals surface area contributed by atoms with Crippen LogP contribution in [0, 0.1) is 0 Å². The first-order valence-electron chi connectivity index (χ1n) is 5.77. The molecule has 0 fully saturated rings. The average Bonchev–Trinajstić information content (AvgIpc) is 2.66. The topological polar surface area (TPSA) is 0 Å². The molecule has 0 amide bonds. The van der Waals surface area contributed by atoms with E-state index in [1.807, 2.05) is 0 Å². The lowest BCUT2D eigenvalue weighted by Crippen LogP contribution is -1.98. The van der Waals surface area contributed by atoms with Gasteiger partial charge in [0.1, 0.15) is 0 Å². The molecule has 0 saturated heterocycles. The van der Waals surface area contributed by atoms with Gasteiger partial charge in [0.05, 0.1) is 0 Å². The van der Waals surface area contributed by atoms with Gasteiger partial charge in [0, 0.05) is 6.96 Å². The molecule has 1 heterocycles. The SMILES string of the molecule is CCC1=C(CC)P(Cl)P(c2ccccc2)C1. The summed E-state index contributed by atoms with van der Waals surface area (Å²) >= 11 is 6.69. The fourth-order valence-corrected chi connectivity index (χ4v) is 10.7. The molecule has 3 heteroatoms. The third-order valence-electron chi connectivity index (χ3n) is 3.00. The van der Waals surface area contributed by atoms with Gasteiger partial charge < -0.3 is 0 Å². The zero-order chi connectivity index (χ0) is 11.5. The van der Waals surface area contributed by atoms with E-state index in [2.05, 4.69) is 44.2 Å². The van der Waals surface area contributed by atoms with Crippen molar-refractivity contribution in [3.05, 3.63) is 41.2 Å². The summed E-state index contributed by atoms with van der Waals surface area (Å²) in [5, 5.41) is 3.06. The summed E-state index contributed by atoms with van der Waals surface area (Å²) in [6.07, 6.45) is 3.57. The van der Waals surface area contributed by atoms with E-state index in [0.29, 0.717) is 0 Å². The Balaban J connectivity index is 2.24. The highest BCUT2D eigenvalue weighted by Crippen LogP contribution is 2.81. The predicted molar refractivity (Wildman–Crippen MR) is 78.2 cm³/mol. The van der Waals surface area contributed by atoms with Crippen LogP contribution in [-0.2, 0) is 0 Å². The lowest BCUT2D eigenvalue weighted by atomic mass is 10.2. The second-order valence-electron chi connectivity index (χ2n) is 3.91. The smallest absolute Gasteiger partial charge is 0.0464 e. The minimum atomic E-state index is -0.397. The molecular weight excluding hydrogens is 254 g/mol. The Morgan fingerprint density at radius 1 is 1.12 bits per heavy atom. The normalized spacial score (nSPS) is 25.2. The minimum absolute atomic E-state index is 0.136. The van der Waals surface area contributed by atoms with E-state index in [1.165, 1.54) is 17.9 Å².